The summed E-state index contributed by atoms with van der Waals surface area (Å²) < 4.78 is 1.03. The minimum Gasteiger partial charge on any atom is -0.296 e. The van der Waals surface area contributed by atoms with E-state index in [0.717, 1.165) is 21.2 Å². The van der Waals surface area contributed by atoms with Crippen molar-refractivity contribution < 1.29 is 4.79 Å². The Labute approximate surface area is 120 Å². The summed E-state index contributed by atoms with van der Waals surface area (Å²) >= 11 is 3.44. The number of carbonyl (C=O) groups is 1. The Hall–Kier alpha value is -1.68. The molecule has 2 aromatic rings. The fourth-order valence-corrected chi connectivity index (χ4v) is 2.73. The summed E-state index contributed by atoms with van der Waals surface area (Å²) in [4.78, 5) is 18.3. The van der Waals surface area contributed by atoms with E-state index in [2.05, 4.69) is 27.5 Å². The molecule has 1 amide bonds. The van der Waals surface area contributed by atoms with E-state index in [1.165, 1.54) is 0 Å². The van der Waals surface area contributed by atoms with Gasteiger partial charge in [-0.2, -0.15) is 0 Å². The van der Waals surface area contributed by atoms with Crippen molar-refractivity contribution in [2.24, 2.45) is 5.92 Å². The van der Waals surface area contributed by atoms with Gasteiger partial charge in [0.15, 0.2) is 0 Å². The van der Waals surface area contributed by atoms with Gasteiger partial charge in [-0.3, -0.25) is 9.69 Å². The molecule has 0 radical (unpaired) electrons. The van der Waals surface area contributed by atoms with Crippen LogP contribution in [-0.2, 0) is 4.79 Å². The van der Waals surface area contributed by atoms with E-state index in [0.29, 0.717) is 13.0 Å². The Kier molecular flexibility index (Phi) is 3.11. The molecule has 0 spiro atoms. The van der Waals surface area contributed by atoms with E-state index in [1.807, 2.05) is 36.4 Å². The highest BCUT2D eigenvalue weighted by Gasteiger charge is 2.29. The van der Waals surface area contributed by atoms with E-state index in [4.69, 9.17) is 0 Å². The maximum atomic E-state index is 12.0. The molecular formula is C15H13BrN2O. The van der Waals surface area contributed by atoms with Crippen molar-refractivity contribution in [3.63, 3.8) is 0 Å². The molecular weight excluding hydrogens is 304 g/mol. The summed E-state index contributed by atoms with van der Waals surface area (Å²) in [6.45, 7) is 4.44. The van der Waals surface area contributed by atoms with Crippen molar-refractivity contribution in [3.8, 4) is 0 Å². The van der Waals surface area contributed by atoms with Crippen LogP contribution in [0.2, 0.25) is 0 Å². The summed E-state index contributed by atoms with van der Waals surface area (Å²) in [5, 5.41) is 1.06. The fourth-order valence-electron chi connectivity index (χ4n) is 2.35. The Morgan fingerprint density at radius 3 is 2.95 bits per heavy atom. The van der Waals surface area contributed by atoms with Gasteiger partial charge in [0.05, 0.1) is 5.52 Å². The largest absolute Gasteiger partial charge is 0.296 e. The zero-order valence-electron chi connectivity index (χ0n) is 10.3. The minimum atomic E-state index is 0.119. The lowest BCUT2D eigenvalue weighted by molar-refractivity contribution is -0.117. The Bertz CT molecular complexity index is 668. The number of anilines is 1. The predicted octanol–water partition coefficient (Wildman–Crippen LogP) is 3.54. The molecule has 3 nitrogen and oxygen atoms in total. The molecule has 19 heavy (non-hydrogen) atoms. The second-order valence-corrected chi connectivity index (χ2v) is 5.63. The van der Waals surface area contributed by atoms with Gasteiger partial charge >= 0.3 is 0 Å². The van der Waals surface area contributed by atoms with Crippen LogP contribution in [0, 0.1) is 5.92 Å². The van der Waals surface area contributed by atoms with E-state index >= 15 is 0 Å². The van der Waals surface area contributed by atoms with Gasteiger partial charge < -0.3 is 0 Å². The normalized spacial score (nSPS) is 19.1. The molecule has 1 fully saturated rings. The van der Waals surface area contributed by atoms with E-state index < -0.39 is 0 Å². The maximum absolute atomic E-state index is 12.0. The molecule has 0 N–H and O–H groups in total. The van der Waals surface area contributed by atoms with Gasteiger partial charge in [0.1, 0.15) is 5.82 Å². The third kappa shape index (κ3) is 2.28. The number of amides is 1. The minimum absolute atomic E-state index is 0.119. The van der Waals surface area contributed by atoms with E-state index in [9.17, 15) is 4.79 Å². The topological polar surface area (TPSA) is 33.2 Å². The standard InChI is InChI=1S/C15H13BrN2O/c1-2-10-7-15(19)18(9-10)14-6-3-11-8-12(16)4-5-13(11)17-14/h2-6,8,10H,1,7,9H2. The fraction of sp³-hybridized carbons (Fsp3) is 0.200. The highest BCUT2D eigenvalue weighted by atomic mass is 79.9. The molecule has 0 aliphatic carbocycles. The van der Waals surface area contributed by atoms with E-state index in [1.54, 1.807) is 4.90 Å². The monoisotopic (exact) mass is 316 g/mol. The van der Waals surface area contributed by atoms with Gasteiger partial charge in [0, 0.05) is 28.7 Å². The number of benzene rings is 1. The second kappa shape index (κ2) is 4.78. The van der Waals surface area contributed by atoms with Crippen LogP contribution in [0.3, 0.4) is 0 Å². The predicted molar refractivity (Wildman–Crippen MR) is 80.1 cm³/mol. The first-order valence-electron chi connectivity index (χ1n) is 6.16. The lowest BCUT2D eigenvalue weighted by Gasteiger charge is -2.15. The van der Waals surface area contributed by atoms with Crippen molar-refractivity contribution in [2.45, 2.75) is 6.42 Å². The van der Waals surface area contributed by atoms with Gasteiger partial charge in [-0.25, -0.2) is 4.98 Å². The van der Waals surface area contributed by atoms with Crippen molar-refractivity contribution in [3.05, 3.63) is 47.5 Å². The number of carbonyl (C=O) groups excluding carboxylic acids is 1. The molecule has 0 bridgehead atoms. The van der Waals surface area contributed by atoms with Crippen LogP contribution in [0.25, 0.3) is 10.9 Å². The van der Waals surface area contributed by atoms with Crippen molar-refractivity contribution >= 4 is 38.6 Å². The first-order chi connectivity index (χ1) is 9.17. The maximum Gasteiger partial charge on any atom is 0.228 e. The highest BCUT2D eigenvalue weighted by Crippen LogP contribution is 2.26. The smallest absolute Gasteiger partial charge is 0.228 e. The summed E-state index contributed by atoms with van der Waals surface area (Å²) in [5.74, 6) is 1.08. The van der Waals surface area contributed by atoms with E-state index in [-0.39, 0.29) is 11.8 Å². The molecule has 3 rings (SSSR count). The van der Waals surface area contributed by atoms with Crippen LogP contribution >= 0.6 is 15.9 Å². The van der Waals surface area contributed by atoms with Gasteiger partial charge in [-0.15, -0.1) is 6.58 Å². The molecule has 1 aromatic heterocycles. The van der Waals surface area contributed by atoms with Crippen LogP contribution in [0.4, 0.5) is 5.82 Å². The number of halogens is 1. The third-order valence-corrected chi connectivity index (χ3v) is 3.89. The average Bonchev–Trinajstić information content (AvgIpc) is 2.79. The summed E-state index contributed by atoms with van der Waals surface area (Å²) in [7, 11) is 0. The Balaban J connectivity index is 1.99. The molecule has 1 aliphatic heterocycles. The molecule has 1 aliphatic rings. The zero-order chi connectivity index (χ0) is 13.4. The lowest BCUT2D eigenvalue weighted by Crippen LogP contribution is -2.25. The molecule has 2 heterocycles. The number of pyridine rings is 1. The molecule has 1 unspecified atom stereocenters. The number of rotatable bonds is 2. The van der Waals surface area contributed by atoms with Crippen LogP contribution in [0.15, 0.2) is 47.5 Å². The summed E-state index contributed by atoms with van der Waals surface area (Å²) in [5.41, 5.74) is 0.899. The van der Waals surface area contributed by atoms with Crippen molar-refractivity contribution in [1.82, 2.24) is 4.98 Å². The van der Waals surface area contributed by atoms with Crippen LogP contribution in [0.5, 0.6) is 0 Å². The summed E-state index contributed by atoms with van der Waals surface area (Å²) in [6, 6.07) is 9.82. The first kappa shape index (κ1) is 12.4. The van der Waals surface area contributed by atoms with Crippen LogP contribution < -0.4 is 4.90 Å². The number of hydrogen-bond acceptors (Lipinski definition) is 2. The zero-order valence-corrected chi connectivity index (χ0v) is 11.9. The van der Waals surface area contributed by atoms with Crippen LogP contribution in [-0.4, -0.2) is 17.4 Å². The number of aromatic nitrogens is 1. The summed E-state index contributed by atoms with van der Waals surface area (Å²) in [6.07, 6.45) is 2.37. The molecule has 0 saturated carbocycles. The van der Waals surface area contributed by atoms with Crippen LogP contribution in [0.1, 0.15) is 6.42 Å². The molecule has 1 aromatic carbocycles. The third-order valence-electron chi connectivity index (χ3n) is 3.40. The molecule has 96 valence electrons. The number of fused-ring (bicyclic) bond motifs is 1. The number of hydrogen-bond donors (Lipinski definition) is 0. The lowest BCUT2D eigenvalue weighted by atomic mass is 10.1. The Morgan fingerprint density at radius 2 is 2.21 bits per heavy atom. The number of nitrogens with zero attached hydrogens (tertiary/aromatic N) is 2. The van der Waals surface area contributed by atoms with Crippen molar-refractivity contribution in [1.29, 1.82) is 0 Å². The van der Waals surface area contributed by atoms with Gasteiger partial charge in [0.25, 0.3) is 0 Å². The SMILES string of the molecule is C=CC1CC(=O)N(c2ccc3cc(Br)ccc3n2)C1. The second-order valence-electron chi connectivity index (χ2n) is 4.71. The highest BCUT2D eigenvalue weighted by molar-refractivity contribution is 9.10. The molecule has 4 heteroatoms. The van der Waals surface area contributed by atoms with Gasteiger partial charge in [-0.1, -0.05) is 22.0 Å². The Morgan fingerprint density at radius 1 is 1.37 bits per heavy atom. The first-order valence-corrected chi connectivity index (χ1v) is 6.96. The van der Waals surface area contributed by atoms with Crippen molar-refractivity contribution in [2.75, 3.05) is 11.4 Å². The average molecular weight is 317 g/mol. The van der Waals surface area contributed by atoms with Gasteiger partial charge in [0.2, 0.25) is 5.91 Å². The molecule has 1 saturated heterocycles. The molecule has 1 atom stereocenters. The quantitative estimate of drug-likeness (QED) is 0.794. The van der Waals surface area contributed by atoms with Gasteiger partial charge in [-0.05, 0) is 30.3 Å².